The quantitative estimate of drug-likeness (QED) is 0.0264. The number of ether oxygens (including phenoxy) is 2. The van der Waals surface area contributed by atoms with Crippen LogP contribution in [-0.2, 0) is 32.7 Å². The van der Waals surface area contributed by atoms with Crippen molar-refractivity contribution in [1.29, 1.82) is 0 Å². The van der Waals surface area contributed by atoms with Crippen LogP contribution in [0.3, 0.4) is 0 Å². The summed E-state index contributed by atoms with van der Waals surface area (Å²) in [6.07, 6.45) is 96.2. The summed E-state index contributed by atoms with van der Waals surface area (Å²) >= 11 is 0. The lowest BCUT2D eigenvalue weighted by Crippen LogP contribution is -2.29. The molecule has 0 aromatic heterocycles. The van der Waals surface area contributed by atoms with Crippen LogP contribution in [0.1, 0.15) is 444 Å². The van der Waals surface area contributed by atoms with Gasteiger partial charge in [0.15, 0.2) is 6.10 Å². The van der Waals surface area contributed by atoms with Gasteiger partial charge in [0.1, 0.15) is 6.61 Å². The van der Waals surface area contributed by atoms with Gasteiger partial charge < -0.3 is 20.1 Å². The van der Waals surface area contributed by atoms with Crippen molar-refractivity contribution < 1.29 is 37.6 Å². The number of esters is 2. The maximum Gasteiger partial charge on any atom is 0.472 e. The summed E-state index contributed by atoms with van der Waals surface area (Å²) in [7, 11) is -4.39. The van der Waals surface area contributed by atoms with E-state index in [0.29, 0.717) is 6.42 Å². The van der Waals surface area contributed by atoms with E-state index in [2.05, 4.69) is 38.2 Å². The predicted molar refractivity (Wildman–Crippen MR) is 391 cm³/mol. The van der Waals surface area contributed by atoms with Crippen LogP contribution < -0.4 is 5.73 Å². The molecule has 534 valence electrons. The van der Waals surface area contributed by atoms with Gasteiger partial charge in [0.05, 0.1) is 13.2 Å². The second kappa shape index (κ2) is 76.5. The van der Waals surface area contributed by atoms with Gasteiger partial charge in [0.25, 0.3) is 0 Å². The van der Waals surface area contributed by atoms with Crippen molar-refractivity contribution in [1.82, 2.24) is 0 Å². The van der Waals surface area contributed by atoms with Gasteiger partial charge in [0, 0.05) is 19.4 Å². The number of carbonyl (C=O) groups excluding carboxylic acids is 2. The number of nitrogens with two attached hydrogens (primary N) is 1. The zero-order chi connectivity index (χ0) is 65.1. The number of carbonyl (C=O) groups is 2. The third-order valence-electron chi connectivity index (χ3n) is 18.6. The number of rotatable bonds is 78. The second-order valence-electron chi connectivity index (χ2n) is 27.7. The predicted octanol–water partition coefficient (Wildman–Crippen LogP) is 26.8. The van der Waals surface area contributed by atoms with Gasteiger partial charge in [-0.15, -0.1) is 0 Å². The fourth-order valence-corrected chi connectivity index (χ4v) is 13.4. The van der Waals surface area contributed by atoms with E-state index in [-0.39, 0.29) is 38.6 Å². The lowest BCUT2D eigenvalue weighted by molar-refractivity contribution is -0.161. The Balaban J connectivity index is 3.71. The summed E-state index contributed by atoms with van der Waals surface area (Å²) in [6, 6.07) is 0. The molecule has 2 atom stereocenters. The standard InChI is InChI=1S/C80H156NO8P/c1-3-5-7-9-11-13-15-17-19-21-23-25-27-29-31-33-34-35-36-37-38-39-40-41-42-43-44-45-47-49-51-53-55-57-59-61-63-65-67-69-71-73-80(83)89-78(77-88-90(84,85)87-75-74-81)76-86-79(82)72-70-68-66-64-62-60-58-56-54-52-50-48-46-32-30-28-26-24-22-20-18-16-14-12-10-8-6-4-2/h15,17,21,23,78H,3-14,16,18-20,22,24-77,81H2,1-2H3,(H,84,85)/b17-15-,23-21-. The normalized spacial score (nSPS) is 12.9. The first kappa shape index (κ1) is 88.5. The minimum Gasteiger partial charge on any atom is -0.462 e. The Morgan fingerprint density at radius 3 is 0.844 bits per heavy atom. The first-order valence-corrected chi connectivity index (χ1v) is 41.8. The van der Waals surface area contributed by atoms with Gasteiger partial charge in [-0.05, 0) is 44.9 Å². The molecular weight excluding hydrogens is 1130 g/mol. The van der Waals surface area contributed by atoms with E-state index in [1.54, 1.807) is 0 Å². The van der Waals surface area contributed by atoms with Crippen LogP contribution in [0.4, 0.5) is 0 Å². The molecule has 0 aliphatic carbocycles. The molecule has 10 heteroatoms. The van der Waals surface area contributed by atoms with Crippen LogP contribution in [-0.4, -0.2) is 49.3 Å². The zero-order valence-corrected chi connectivity index (χ0v) is 61.3. The maximum atomic E-state index is 12.8. The molecule has 0 amide bonds. The molecule has 9 nitrogen and oxygen atoms in total. The number of phosphoric acid groups is 1. The first-order chi connectivity index (χ1) is 44.3. The van der Waals surface area contributed by atoms with Crippen molar-refractivity contribution in [2.75, 3.05) is 26.4 Å². The van der Waals surface area contributed by atoms with Crippen molar-refractivity contribution in [3.8, 4) is 0 Å². The van der Waals surface area contributed by atoms with E-state index >= 15 is 0 Å². The minimum atomic E-state index is -4.39. The number of allylic oxidation sites excluding steroid dienone is 4. The van der Waals surface area contributed by atoms with Crippen molar-refractivity contribution in [2.45, 2.75) is 450 Å². The van der Waals surface area contributed by atoms with Crippen LogP contribution in [0.25, 0.3) is 0 Å². The molecule has 0 spiro atoms. The van der Waals surface area contributed by atoms with Crippen LogP contribution in [0.15, 0.2) is 24.3 Å². The van der Waals surface area contributed by atoms with Gasteiger partial charge in [-0.25, -0.2) is 4.57 Å². The van der Waals surface area contributed by atoms with Gasteiger partial charge >= 0.3 is 19.8 Å². The van der Waals surface area contributed by atoms with E-state index < -0.39 is 26.5 Å². The molecule has 90 heavy (non-hydrogen) atoms. The Morgan fingerprint density at radius 1 is 0.333 bits per heavy atom. The zero-order valence-electron chi connectivity index (χ0n) is 60.4. The number of hydrogen-bond acceptors (Lipinski definition) is 8. The Kier molecular flexibility index (Phi) is 75.2. The van der Waals surface area contributed by atoms with Crippen LogP contribution in [0, 0.1) is 0 Å². The van der Waals surface area contributed by atoms with E-state index in [0.717, 1.165) is 38.5 Å². The fraction of sp³-hybridized carbons (Fsp3) is 0.925. The largest absolute Gasteiger partial charge is 0.472 e. The molecule has 0 bridgehead atoms. The summed E-state index contributed by atoms with van der Waals surface area (Å²) in [5.74, 6) is -0.797. The Bertz CT molecular complexity index is 1520. The summed E-state index contributed by atoms with van der Waals surface area (Å²) in [6.45, 7) is 3.83. The molecule has 0 saturated heterocycles. The third kappa shape index (κ3) is 75.5. The van der Waals surface area contributed by atoms with Crippen molar-refractivity contribution >= 4 is 19.8 Å². The molecule has 0 aliphatic rings. The van der Waals surface area contributed by atoms with Crippen LogP contribution >= 0.6 is 7.82 Å². The Labute approximate surface area is 561 Å². The van der Waals surface area contributed by atoms with Crippen molar-refractivity contribution in [3.63, 3.8) is 0 Å². The monoisotopic (exact) mass is 1290 g/mol. The highest BCUT2D eigenvalue weighted by molar-refractivity contribution is 7.47. The first-order valence-electron chi connectivity index (χ1n) is 40.3. The van der Waals surface area contributed by atoms with Gasteiger partial charge in [-0.3, -0.25) is 18.6 Å². The molecule has 3 N–H and O–H groups in total. The summed E-state index contributed by atoms with van der Waals surface area (Å²) < 4.78 is 33.3. The van der Waals surface area contributed by atoms with Crippen LogP contribution in [0.2, 0.25) is 0 Å². The van der Waals surface area contributed by atoms with Gasteiger partial charge in [-0.2, -0.15) is 0 Å². The minimum absolute atomic E-state index is 0.0579. The molecule has 0 saturated carbocycles. The van der Waals surface area contributed by atoms with E-state index in [4.69, 9.17) is 24.3 Å². The highest BCUT2D eigenvalue weighted by atomic mass is 31.2. The highest BCUT2D eigenvalue weighted by Gasteiger charge is 2.26. The molecule has 2 unspecified atom stereocenters. The molecule has 0 heterocycles. The SMILES string of the molecule is CCCCCCC/C=C\C/C=C\CCCCCCCCCCCCCCCCCCCCCCCCCCCCCCCC(=O)OC(COC(=O)CCCCCCCCCCCCCCCCCCCCCCCCCCCCCC)COP(=O)(O)OCCN. The fourth-order valence-electron chi connectivity index (χ4n) is 12.6. The smallest absolute Gasteiger partial charge is 0.462 e. The Hall–Kier alpha value is -1.51. The summed E-state index contributed by atoms with van der Waals surface area (Å²) in [5, 5.41) is 0. The second-order valence-corrected chi connectivity index (χ2v) is 29.1. The molecule has 0 fully saturated rings. The highest BCUT2D eigenvalue weighted by Crippen LogP contribution is 2.43. The van der Waals surface area contributed by atoms with E-state index in [1.807, 2.05) is 0 Å². The average molecular weight is 1290 g/mol. The molecule has 0 aliphatic heterocycles. The number of hydrogen-bond donors (Lipinski definition) is 2. The number of phosphoric ester groups is 1. The topological polar surface area (TPSA) is 134 Å². The lowest BCUT2D eigenvalue weighted by atomic mass is 10.0. The summed E-state index contributed by atoms with van der Waals surface area (Å²) in [5.41, 5.74) is 5.42. The van der Waals surface area contributed by atoms with Crippen LogP contribution in [0.5, 0.6) is 0 Å². The lowest BCUT2D eigenvalue weighted by Gasteiger charge is -2.19. The van der Waals surface area contributed by atoms with E-state index in [1.165, 1.54) is 372 Å². The molecule has 0 radical (unpaired) electrons. The molecule has 0 aromatic carbocycles. The summed E-state index contributed by atoms with van der Waals surface area (Å²) in [4.78, 5) is 35.4. The van der Waals surface area contributed by atoms with Gasteiger partial charge in [0.2, 0.25) is 0 Å². The maximum absolute atomic E-state index is 12.8. The van der Waals surface area contributed by atoms with Crippen molar-refractivity contribution in [3.05, 3.63) is 24.3 Å². The Morgan fingerprint density at radius 2 is 0.578 bits per heavy atom. The van der Waals surface area contributed by atoms with Gasteiger partial charge in [-0.1, -0.05) is 411 Å². The van der Waals surface area contributed by atoms with Crippen molar-refractivity contribution in [2.24, 2.45) is 5.73 Å². The molecular formula is C80H156NO8P. The average Bonchev–Trinajstić information content (AvgIpc) is 3.68. The number of unbranched alkanes of at least 4 members (excludes halogenated alkanes) is 61. The molecule has 0 rings (SSSR count). The third-order valence-corrected chi connectivity index (χ3v) is 19.6. The van der Waals surface area contributed by atoms with E-state index in [9.17, 15) is 19.0 Å². The molecule has 0 aromatic rings.